The zero-order valence-corrected chi connectivity index (χ0v) is 16.2. The van der Waals surface area contributed by atoms with Crippen molar-refractivity contribution in [2.24, 2.45) is 0 Å². The number of aromatic nitrogens is 2. The van der Waals surface area contributed by atoms with Gasteiger partial charge in [-0.2, -0.15) is 0 Å². The van der Waals surface area contributed by atoms with Crippen LogP contribution in [-0.4, -0.2) is 23.0 Å². The summed E-state index contributed by atoms with van der Waals surface area (Å²) in [6.07, 6.45) is 0. The number of hydrogen-bond acceptors (Lipinski definition) is 3. The van der Waals surface area contributed by atoms with Gasteiger partial charge in [-0.1, -0.05) is 23.7 Å². The summed E-state index contributed by atoms with van der Waals surface area (Å²) in [5, 5.41) is 3.60. The van der Waals surface area contributed by atoms with Gasteiger partial charge in [-0.3, -0.25) is 4.79 Å². The van der Waals surface area contributed by atoms with Gasteiger partial charge < -0.3 is 15.0 Å². The van der Waals surface area contributed by atoms with E-state index in [1.165, 1.54) is 0 Å². The fraction of sp³-hybridized carbons (Fsp3) is 0.0909. The highest BCUT2D eigenvalue weighted by atomic mass is 35.5. The van der Waals surface area contributed by atoms with Crippen molar-refractivity contribution in [3.8, 4) is 17.1 Å². The predicted molar refractivity (Wildman–Crippen MR) is 112 cm³/mol. The third-order valence-corrected chi connectivity index (χ3v) is 4.92. The van der Waals surface area contributed by atoms with Crippen LogP contribution >= 0.6 is 11.6 Å². The summed E-state index contributed by atoms with van der Waals surface area (Å²) < 4.78 is 5.12. The van der Waals surface area contributed by atoms with Crippen LogP contribution < -0.4 is 10.1 Å². The van der Waals surface area contributed by atoms with Crippen LogP contribution in [0.15, 0.2) is 60.7 Å². The normalized spacial score (nSPS) is 10.8. The molecule has 1 amide bonds. The fourth-order valence-electron chi connectivity index (χ4n) is 2.97. The number of carbonyl (C=O) groups is 1. The lowest BCUT2D eigenvalue weighted by Crippen LogP contribution is -2.11. The first-order chi connectivity index (χ1) is 13.5. The standard InChI is InChI=1S/C22H18ClN3O2/c1-13-10-19-20(12-18(13)23)26-21(25-19)15-4-3-5-16(11-15)24-22(27)14-6-8-17(28-2)9-7-14/h3-12H,1-2H3,(H,24,27)(H,25,26). The van der Waals surface area contributed by atoms with E-state index in [0.29, 0.717) is 22.0 Å². The van der Waals surface area contributed by atoms with E-state index < -0.39 is 0 Å². The maximum atomic E-state index is 12.5. The Morgan fingerprint density at radius 1 is 1.11 bits per heavy atom. The van der Waals surface area contributed by atoms with Crippen LogP contribution in [0, 0.1) is 6.92 Å². The van der Waals surface area contributed by atoms with Crippen molar-refractivity contribution >= 4 is 34.2 Å². The lowest BCUT2D eigenvalue weighted by molar-refractivity contribution is 0.102. The number of methoxy groups -OCH3 is 1. The summed E-state index contributed by atoms with van der Waals surface area (Å²) in [6.45, 7) is 1.96. The number of nitrogens with one attached hydrogen (secondary N) is 2. The fourth-order valence-corrected chi connectivity index (χ4v) is 3.12. The predicted octanol–water partition coefficient (Wildman–Crippen LogP) is 5.45. The largest absolute Gasteiger partial charge is 0.497 e. The lowest BCUT2D eigenvalue weighted by Gasteiger charge is -2.07. The summed E-state index contributed by atoms with van der Waals surface area (Å²) in [7, 11) is 1.59. The maximum absolute atomic E-state index is 12.5. The lowest BCUT2D eigenvalue weighted by atomic mass is 10.1. The molecule has 28 heavy (non-hydrogen) atoms. The van der Waals surface area contributed by atoms with E-state index in [-0.39, 0.29) is 5.91 Å². The second-order valence-electron chi connectivity index (χ2n) is 6.47. The van der Waals surface area contributed by atoms with Crippen LogP contribution in [-0.2, 0) is 0 Å². The first-order valence-electron chi connectivity index (χ1n) is 8.75. The number of halogens is 1. The van der Waals surface area contributed by atoms with Gasteiger partial charge in [0.15, 0.2) is 0 Å². The average Bonchev–Trinajstić information content (AvgIpc) is 3.11. The molecule has 0 radical (unpaired) electrons. The van der Waals surface area contributed by atoms with Crippen molar-refractivity contribution in [1.29, 1.82) is 0 Å². The molecule has 2 N–H and O–H groups in total. The summed E-state index contributed by atoms with van der Waals surface area (Å²) in [5.74, 6) is 1.24. The molecule has 6 heteroatoms. The van der Waals surface area contributed by atoms with Gasteiger partial charge in [0, 0.05) is 21.8 Å². The van der Waals surface area contributed by atoms with Crippen molar-refractivity contribution in [2.45, 2.75) is 6.92 Å². The van der Waals surface area contributed by atoms with Gasteiger partial charge in [-0.25, -0.2) is 4.98 Å². The van der Waals surface area contributed by atoms with E-state index in [1.54, 1.807) is 31.4 Å². The number of ether oxygens (including phenoxy) is 1. The number of H-pyrrole nitrogens is 1. The van der Waals surface area contributed by atoms with Crippen LogP contribution in [0.4, 0.5) is 5.69 Å². The van der Waals surface area contributed by atoms with E-state index in [4.69, 9.17) is 16.3 Å². The van der Waals surface area contributed by atoms with E-state index in [2.05, 4.69) is 15.3 Å². The van der Waals surface area contributed by atoms with Gasteiger partial charge in [-0.05, 0) is 61.0 Å². The van der Waals surface area contributed by atoms with E-state index in [1.807, 2.05) is 43.3 Å². The molecule has 0 atom stereocenters. The monoisotopic (exact) mass is 391 g/mol. The Morgan fingerprint density at radius 2 is 1.89 bits per heavy atom. The Bertz CT molecular complexity index is 1130. The highest BCUT2D eigenvalue weighted by Gasteiger charge is 2.10. The zero-order chi connectivity index (χ0) is 19.7. The number of imidazole rings is 1. The van der Waals surface area contributed by atoms with E-state index in [0.717, 1.165) is 28.0 Å². The number of nitrogens with zero attached hydrogens (tertiary/aromatic N) is 1. The van der Waals surface area contributed by atoms with Crippen molar-refractivity contribution in [3.63, 3.8) is 0 Å². The molecule has 0 aliphatic carbocycles. The number of hydrogen-bond donors (Lipinski definition) is 2. The molecule has 0 spiro atoms. The minimum atomic E-state index is -0.188. The second-order valence-corrected chi connectivity index (χ2v) is 6.87. The van der Waals surface area contributed by atoms with Crippen molar-refractivity contribution in [1.82, 2.24) is 9.97 Å². The van der Waals surface area contributed by atoms with Gasteiger partial charge in [-0.15, -0.1) is 0 Å². The van der Waals surface area contributed by atoms with Crippen molar-refractivity contribution < 1.29 is 9.53 Å². The van der Waals surface area contributed by atoms with Crippen LogP contribution in [0.3, 0.4) is 0 Å². The summed E-state index contributed by atoms with van der Waals surface area (Å²) in [5.41, 5.74) is 4.83. The van der Waals surface area contributed by atoms with Gasteiger partial charge in [0.25, 0.3) is 5.91 Å². The van der Waals surface area contributed by atoms with E-state index in [9.17, 15) is 4.79 Å². The maximum Gasteiger partial charge on any atom is 0.255 e. The highest BCUT2D eigenvalue weighted by molar-refractivity contribution is 6.32. The number of fused-ring (bicyclic) bond motifs is 1. The molecule has 5 nitrogen and oxygen atoms in total. The molecule has 0 fully saturated rings. The molecule has 4 aromatic rings. The Labute approximate surface area is 167 Å². The number of anilines is 1. The SMILES string of the molecule is COc1ccc(C(=O)Nc2cccc(-c3nc4cc(Cl)c(C)cc4[nH]3)c2)cc1. The summed E-state index contributed by atoms with van der Waals surface area (Å²) in [4.78, 5) is 20.4. The van der Waals surface area contributed by atoms with Crippen LogP contribution in [0.2, 0.25) is 5.02 Å². The molecule has 1 heterocycles. The van der Waals surface area contributed by atoms with E-state index >= 15 is 0 Å². The molecule has 0 aliphatic heterocycles. The average molecular weight is 392 g/mol. The number of aryl methyl sites for hydroxylation is 1. The highest BCUT2D eigenvalue weighted by Crippen LogP contribution is 2.27. The molecule has 0 unspecified atom stereocenters. The minimum Gasteiger partial charge on any atom is -0.497 e. The number of rotatable bonds is 4. The zero-order valence-electron chi connectivity index (χ0n) is 15.4. The molecule has 0 saturated carbocycles. The van der Waals surface area contributed by atoms with Crippen LogP contribution in [0.25, 0.3) is 22.4 Å². The molecule has 140 valence electrons. The molecule has 0 aliphatic rings. The Kier molecular flexibility index (Phi) is 4.75. The summed E-state index contributed by atoms with van der Waals surface area (Å²) in [6, 6.07) is 18.3. The third kappa shape index (κ3) is 3.57. The molecular weight excluding hydrogens is 374 g/mol. The molecule has 3 aromatic carbocycles. The Balaban J connectivity index is 1.59. The second kappa shape index (κ2) is 7.37. The third-order valence-electron chi connectivity index (χ3n) is 4.51. The Morgan fingerprint density at radius 3 is 2.64 bits per heavy atom. The van der Waals surface area contributed by atoms with Crippen LogP contribution in [0.5, 0.6) is 5.75 Å². The smallest absolute Gasteiger partial charge is 0.255 e. The topological polar surface area (TPSA) is 67.0 Å². The summed E-state index contributed by atoms with van der Waals surface area (Å²) >= 11 is 6.19. The number of amides is 1. The number of benzene rings is 3. The van der Waals surface area contributed by atoms with Crippen molar-refractivity contribution in [2.75, 3.05) is 12.4 Å². The first-order valence-corrected chi connectivity index (χ1v) is 9.13. The van der Waals surface area contributed by atoms with Gasteiger partial charge in [0.05, 0.1) is 18.1 Å². The molecule has 0 saturated heterocycles. The minimum absolute atomic E-state index is 0.188. The van der Waals surface area contributed by atoms with Gasteiger partial charge >= 0.3 is 0 Å². The van der Waals surface area contributed by atoms with Crippen molar-refractivity contribution in [3.05, 3.63) is 76.8 Å². The molecule has 4 rings (SSSR count). The van der Waals surface area contributed by atoms with Gasteiger partial charge in [0.2, 0.25) is 0 Å². The number of carbonyl (C=O) groups excluding carboxylic acids is 1. The first kappa shape index (κ1) is 18.1. The molecular formula is C22H18ClN3O2. The Hall–Kier alpha value is -3.31. The van der Waals surface area contributed by atoms with Gasteiger partial charge in [0.1, 0.15) is 11.6 Å². The quantitative estimate of drug-likeness (QED) is 0.486. The van der Waals surface area contributed by atoms with Crippen LogP contribution in [0.1, 0.15) is 15.9 Å². The molecule has 0 bridgehead atoms. The number of aromatic amines is 1. The molecule has 1 aromatic heterocycles.